The average molecular weight is 410 g/mol. The van der Waals surface area contributed by atoms with Crippen molar-refractivity contribution in [3.63, 3.8) is 0 Å². The third-order valence-corrected chi connectivity index (χ3v) is 5.70. The highest BCUT2D eigenvalue weighted by Crippen LogP contribution is 2.30. The van der Waals surface area contributed by atoms with Gasteiger partial charge in [0.1, 0.15) is 28.2 Å². The van der Waals surface area contributed by atoms with Crippen LogP contribution >= 0.6 is 11.3 Å². The van der Waals surface area contributed by atoms with E-state index in [9.17, 15) is 10.1 Å². The summed E-state index contributed by atoms with van der Waals surface area (Å²) in [6.07, 6.45) is 1.64. The first kappa shape index (κ1) is 18.1. The standard InChI is InChI=1S/C24H14N2O3S/c1-14-6-8-17(28-14)10-16(12-25)23-26-21(13-30-23)20-11-19-18-5-3-2-4-15(18)7-9-22(19)29-24(20)27/h2-11,13H,1H3/b16-10+. The number of nitrogens with zero attached hydrogens (tertiary/aromatic N) is 2. The Hall–Kier alpha value is -3.95. The first-order chi connectivity index (χ1) is 14.6. The minimum atomic E-state index is -0.459. The van der Waals surface area contributed by atoms with Crippen molar-refractivity contribution in [2.75, 3.05) is 0 Å². The maximum absolute atomic E-state index is 12.6. The molecule has 0 aliphatic carbocycles. The van der Waals surface area contributed by atoms with Gasteiger partial charge in [-0.3, -0.25) is 0 Å². The normalized spacial score (nSPS) is 11.8. The van der Waals surface area contributed by atoms with Crippen LogP contribution < -0.4 is 5.63 Å². The number of furan rings is 1. The highest BCUT2D eigenvalue weighted by atomic mass is 32.1. The fourth-order valence-corrected chi connectivity index (χ4v) is 4.17. The summed E-state index contributed by atoms with van der Waals surface area (Å²) in [5.41, 5.74) is 1.29. The number of benzene rings is 2. The van der Waals surface area contributed by atoms with E-state index >= 15 is 0 Å². The summed E-state index contributed by atoms with van der Waals surface area (Å²) in [4.78, 5) is 17.1. The van der Waals surface area contributed by atoms with Gasteiger partial charge in [-0.25, -0.2) is 9.78 Å². The van der Waals surface area contributed by atoms with Gasteiger partial charge in [-0.15, -0.1) is 11.3 Å². The Morgan fingerprint density at radius 2 is 1.97 bits per heavy atom. The van der Waals surface area contributed by atoms with E-state index in [4.69, 9.17) is 8.83 Å². The smallest absolute Gasteiger partial charge is 0.345 e. The summed E-state index contributed by atoms with van der Waals surface area (Å²) in [5.74, 6) is 1.34. The quantitative estimate of drug-likeness (QED) is 0.206. The molecule has 144 valence electrons. The highest BCUT2D eigenvalue weighted by Gasteiger charge is 2.15. The molecule has 0 atom stereocenters. The monoisotopic (exact) mass is 410 g/mol. The average Bonchev–Trinajstić information content (AvgIpc) is 3.40. The van der Waals surface area contributed by atoms with Gasteiger partial charge in [-0.05, 0) is 42.0 Å². The number of aryl methyl sites for hydroxylation is 1. The zero-order valence-corrected chi connectivity index (χ0v) is 16.7. The largest absolute Gasteiger partial charge is 0.462 e. The maximum Gasteiger partial charge on any atom is 0.345 e. The Labute approximate surface area is 175 Å². The van der Waals surface area contributed by atoms with E-state index in [1.54, 1.807) is 23.6 Å². The second-order valence-electron chi connectivity index (χ2n) is 6.80. The molecule has 30 heavy (non-hydrogen) atoms. The van der Waals surface area contributed by atoms with E-state index in [1.165, 1.54) is 11.3 Å². The van der Waals surface area contributed by atoms with Crippen LogP contribution in [0.1, 0.15) is 16.5 Å². The fraction of sp³-hybridized carbons (Fsp3) is 0.0417. The van der Waals surface area contributed by atoms with E-state index in [1.807, 2.05) is 49.4 Å². The molecule has 0 radical (unpaired) electrons. The van der Waals surface area contributed by atoms with Crippen LogP contribution in [0.5, 0.6) is 0 Å². The molecule has 0 bridgehead atoms. The lowest BCUT2D eigenvalue weighted by Gasteiger charge is -2.04. The van der Waals surface area contributed by atoms with Crippen LogP contribution in [0.3, 0.4) is 0 Å². The number of rotatable bonds is 3. The topological polar surface area (TPSA) is 80.0 Å². The van der Waals surface area contributed by atoms with Crippen molar-refractivity contribution in [3.05, 3.63) is 86.9 Å². The molecule has 5 nitrogen and oxygen atoms in total. The number of nitriles is 1. The molecule has 0 fully saturated rings. The summed E-state index contributed by atoms with van der Waals surface area (Å²) in [7, 11) is 0. The van der Waals surface area contributed by atoms with Crippen LogP contribution in [-0.4, -0.2) is 4.98 Å². The van der Waals surface area contributed by atoms with Gasteiger partial charge >= 0.3 is 5.63 Å². The lowest BCUT2D eigenvalue weighted by Crippen LogP contribution is -2.03. The first-order valence-electron chi connectivity index (χ1n) is 9.22. The molecule has 0 aliphatic rings. The van der Waals surface area contributed by atoms with Crippen molar-refractivity contribution in [2.45, 2.75) is 6.92 Å². The van der Waals surface area contributed by atoms with Gasteiger partial charge in [0.05, 0.1) is 16.8 Å². The van der Waals surface area contributed by atoms with Gasteiger partial charge in [0.15, 0.2) is 0 Å². The second kappa shape index (κ2) is 7.14. The van der Waals surface area contributed by atoms with Crippen LogP contribution in [0.15, 0.2) is 73.6 Å². The molecule has 3 heterocycles. The summed E-state index contributed by atoms with van der Waals surface area (Å²) < 4.78 is 11.1. The molecule has 0 spiro atoms. The molecule has 0 amide bonds. The number of allylic oxidation sites excluding steroid dienone is 1. The Bertz CT molecular complexity index is 1550. The lowest BCUT2D eigenvalue weighted by atomic mass is 10.0. The SMILES string of the molecule is Cc1ccc(/C=C(\C#N)c2nc(-c3cc4c(ccc5ccccc54)oc3=O)cs2)o1. The molecule has 0 saturated carbocycles. The maximum atomic E-state index is 12.6. The summed E-state index contributed by atoms with van der Waals surface area (Å²) >= 11 is 1.30. The Balaban J connectivity index is 1.63. The van der Waals surface area contributed by atoms with Gasteiger partial charge < -0.3 is 8.83 Å². The summed E-state index contributed by atoms with van der Waals surface area (Å²) in [6, 6.07) is 19.3. The highest BCUT2D eigenvalue weighted by molar-refractivity contribution is 7.11. The van der Waals surface area contributed by atoms with Gasteiger partial charge in [0.2, 0.25) is 0 Å². The van der Waals surface area contributed by atoms with Crippen LogP contribution in [0.2, 0.25) is 0 Å². The zero-order chi connectivity index (χ0) is 20.7. The first-order valence-corrected chi connectivity index (χ1v) is 10.1. The van der Waals surface area contributed by atoms with Crippen LogP contribution in [-0.2, 0) is 0 Å². The van der Waals surface area contributed by atoms with E-state index in [2.05, 4.69) is 11.1 Å². The fourth-order valence-electron chi connectivity index (χ4n) is 3.39. The molecule has 2 aromatic carbocycles. The molecule has 5 rings (SSSR count). The predicted molar refractivity (Wildman–Crippen MR) is 118 cm³/mol. The van der Waals surface area contributed by atoms with Gasteiger partial charge in [0.25, 0.3) is 0 Å². The van der Waals surface area contributed by atoms with Crippen molar-refractivity contribution in [1.82, 2.24) is 4.98 Å². The minimum Gasteiger partial charge on any atom is -0.462 e. The Kier molecular flexibility index (Phi) is 4.31. The number of hydrogen-bond acceptors (Lipinski definition) is 6. The molecule has 0 unspecified atom stereocenters. The van der Waals surface area contributed by atoms with E-state index in [-0.39, 0.29) is 0 Å². The number of hydrogen-bond donors (Lipinski definition) is 0. The Morgan fingerprint density at radius 3 is 2.77 bits per heavy atom. The molecule has 6 heteroatoms. The van der Waals surface area contributed by atoms with Gasteiger partial charge in [0, 0.05) is 16.8 Å². The molecular formula is C24H14N2O3S. The molecule has 3 aromatic heterocycles. The number of fused-ring (bicyclic) bond motifs is 3. The van der Waals surface area contributed by atoms with E-state index in [0.29, 0.717) is 33.2 Å². The van der Waals surface area contributed by atoms with Crippen LogP contribution in [0.4, 0.5) is 0 Å². The predicted octanol–water partition coefficient (Wildman–Crippen LogP) is 6.04. The third kappa shape index (κ3) is 3.11. The third-order valence-electron chi connectivity index (χ3n) is 4.82. The van der Waals surface area contributed by atoms with Gasteiger partial charge in [-0.1, -0.05) is 30.3 Å². The number of thiazole rings is 1. The molecule has 0 saturated heterocycles. The second-order valence-corrected chi connectivity index (χ2v) is 7.66. The lowest BCUT2D eigenvalue weighted by molar-refractivity contribution is 0.525. The number of aromatic nitrogens is 1. The van der Waals surface area contributed by atoms with Crippen LogP contribution in [0.25, 0.3) is 44.6 Å². The minimum absolute atomic E-state index is 0.368. The van der Waals surface area contributed by atoms with Crippen molar-refractivity contribution in [3.8, 4) is 17.3 Å². The zero-order valence-electron chi connectivity index (χ0n) is 15.9. The Morgan fingerprint density at radius 1 is 1.10 bits per heavy atom. The molecule has 0 aliphatic heterocycles. The van der Waals surface area contributed by atoms with E-state index in [0.717, 1.165) is 21.9 Å². The van der Waals surface area contributed by atoms with E-state index < -0.39 is 5.63 Å². The van der Waals surface area contributed by atoms with Crippen molar-refractivity contribution < 1.29 is 8.83 Å². The molecular weight excluding hydrogens is 396 g/mol. The van der Waals surface area contributed by atoms with Crippen LogP contribution in [0, 0.1) is 18.3 Å². The van der Waals surface area contributed by atoms with Crippen molar-refractivity contribution in [2.24, 2.45) is 0 Å². The van der Waals surface area contributed by atoms with Crippen molar-refractivity contribution >= 4 is 44.7 Å². The van der Waals surface area contributed by atoms with Crippen molar-refractivity contribution in [1.29, 1.82) is 5.26 Å². The summed E-state index contributed by atoms with van der Waals surface area (Å²) in [6.45, 7) is 1.84. The van der Waals surface area contributed by atoms with Gasteiger partial charge in [-0.2, -0.15) is 5.26 Å². The molecule has 5 aromatic rings. The molecule has 0 N–H and O–H groups in total. The summed E-state index contributed by atoms with van der Waals surface area (Å²) in [5, 5.41) is 14.8.